The number of nitrogens with zero attached hydrogens (tertiary/aromatic N) is 1. The monoisotopic (exact) mass is 325 g/mol. The second kappa shape index (κ2) is 5.57. The lowest BCUT2D eigenvalue weighted by Gasteiger charge is -2.09. The number of alkyl halides is 3. The molecule has 0 bridgehead atoms. The summed E-state index contributed by atoms with van der Waals surface area (Å²) in [7, 11) is 0. The van der Waals surface area contributed by atoms with E-state index >= 15 is 0 Å². The third-order valence-corrected chi connectivity index (χ3v) is 3.37. The standard InChI is InChI=1S/C12H5ClF5NS/c13-10-3-6(12(16,17)18)4-11(19-10)20-9-2-1-7(14)5-8(9)15/h1-5H. The largest absolute Gasteiger partial charge is 0.416 e. The van der Waals surface area contributed by atoms with E-state index in [9.17, 15) is 22.0 Å². The molecule has 0 amide bonds. The topological polar surface area (TPSA) is 12.9 Å². The summed E-state index contributed by atoms with van der Waals surface area (Å²) in [6.45, 7) is 0. The van der Waals surface area contributed by atoms with Gasteiger partial charge >= 0.3 is 6.18 Å². The van der Waals surface area contributed by atoms with E-state index in [0.29, 0.717) is 23.9 Å². The zero-order valence-electron chi connectivity index (χ0n) is 9.51. The number of hydrogen-bond acceptors (Lipinski definition) is 2. The molecule has 0 aliphatic heterocycles. The molecule has 0 unspecified atom stereocenters. The average Bonchev–Trinajstić information content (AvgIpc) is 2.31. The van der Waals surface area contributed by atoms with Crippen LogP contribution in [0.5, 0.6) is 0 Å². The molecule has 0 N–H and O–H groups in total. The minimum absolute atomic E-state index is 0.0470. The van der Waals surface area contributed by atoms with Crippen LogP contribution in [0.15, 0.2) is 40.3 Å². The van der Waals surface area contributed by atoms with Crippen molar-refractivity contribution in [3.63, 3.8) is 0 Å². The van der Waals surface area contributed by atoms with Crippen LogP contribution in [0, 0.1) is 11.6 Å². The molecule has 1 aromatic carbocycles. The van der Waals surface area contributed by atoms with E-state index in [-0.39, 0.29) is 15.1 Å². The highest BCUT2D eigenvalue weighted by molar-refractivity contribution is 7.99. The van der Waals surface area contributed by atoms with Crippen LogP contribution < -0.4 is 0 Å². The third-order valence-electron chi connectivity index (χ3n) is 2.21. The van der Waals surface area contributed by atoms with E-state index in [0.717, 1.165) is 18.2 Å². The Balaban J connectivity index is 2.36. The van der Waals surface area contributed by atoms with Crippen LogP contribution in [0.2, 0.25) is 5.15 Å². The lowest BCUT2D eigenvalue weighted by atomic mass is 10.3. The molecular formula is C12H5ClF5NS. The molecule has 2 aromatic rings. The predicted molar refractivity (Wildman–Crippen MR) is 64.7 cm³/mol. The summed E-state index contributed by atoms with van der Waals surface area (Å²) in [5, 5.41) is -0.486. The van der Waals surface area contributed by atoms with E-state index in [1.165, 1.54) is 0 Å². The van der Waals surface area contributed by atoms with Crippen LogP contribution in [-0.2, 0) is 6.18 Å². The lowest BCUT2D eigenvalue weighted by molar-refractivity contribution is -0.137. The van der Waals surface area contributed by atoms with Crippen molar-refractivity contribution in [3.8, 4) is 0 Å². The van der Waals surface area contributed by atoms with Gasteiger partial charge in [-0.15, -0.1) is 0 Å². The van der Waals surface area contributed by atoms with Crippen molar-refractivity contribution in [1.29, 1.82) is 0 Å². The third kappa shape index (κ3) is 3.61. The molecule has 1 nitrogen and oxygen atoms in total. The SMILES string of the molecule is Fc1ccc(Sc2cc(C(F)(F)F)cc(Cl)n2)c(F)c1. The van der Waals surface area contributed by atoms with Crippen LogP contribution in [0.1, 0.15) is 5.56 Å². The maximum Gasteiger partial charge on any atom is 0.416 e. The van der Waals surface area contributed by atoms with Crippen LogP contribution in [0.4, 0.5) is 22.0 Å². The van der Waals surface area contributed by atoms with Gasteiger partial charge in [0.15, 0.2) is 0 Å². The van der Waals surface area contributed by atoms with Gasteiger partial charge < -0.3 is 0 Å². The number of rotatable bonds is 2. The van der Waals surface area contributed by atoms with Crippen LogP contribution >= 0.6 is 23.4 Å². The molecule has 1 heterocycles. The molecular weight excluding hydrogens is 321 g/mol. The first-order valence-electron chi connectivity index (χ1n) is 5.13. The fraction of sp³-hybridized carbons (Fsp3) is 0.0833. The van der Waals surface area contributed by atoms with Crippen molar-refractivity contribution in [2.45, 2.75) is 16.1 Å². The normalized spacial score (nSPS) is 11.7. The zero-order chi connectivity index (χ0) is 14.9. The van der Waals surface area contributed by atoms with E-state index in [1.54, 1.807) is 0 Å². The molecule has 20 heavy (non-hydrogen) atoms. The Bertz CT molecular complexity index is 644. The molecule has 0 fully saturated rings. The Labute approximate surface area is 119 Å². The molecule has 106 valence electrons. The van der Waals surface area contributed by atoms with Crippen LogP contribution in [0.3, 0.4) is 0 Å². The molecule has 0 aliphatic rings. The highest BCUT2D eigenvalue weighted by Crippen LogP contribution is 2.35. The minimum atomic E-state index is -4.58. The molecule has 0 atom stereocenters. The number of halogens is 6. The van der Waals surface area contributed by atoms with Gasteiger partial charge in [0.2, 0.25) is 0 Å². The molecule has 0 aliphatic carbocycles. The second-order valence-corrected chi connectivity index (χ2v) is 5.14. The lowest BCUT2D eigenvalue weighted by Crippen LogP contribution is -2.05. The highest BCUT2D eigenvalue weighted by Gasteiger charge is 2.31. The van der Waals surface area contributed by atoms with E-state index < -0.39 is 23.4 Å². The quantitative estimate of drug-likeness (QED) is 0.557. The Kier molecular flexibility index (Phi) is 4.19. The average molecular weight is 326 g/mol. The van der Waals surface area contributed by atoms with Gasteiger partial charge in [-0.05, 0) is 24.3 Å². The molecule has 8 heteroatoms. The molecule has 0 saturated heterocycles. The summed E-state index contributed by atoms with van der Waals surface area (Å²) in [6.07, 6.45) is -4.58. The van der Waals surface area contributed by atoms with Gasteiger partial charge in [-0.2, -0.15) is 13.2 Å². The summed E-state index contributed by atoms with van der Waals surface area (Å²) in [4.78, 5) is 3.63. The molecule has 1 aromatic heterocycles. The Morgan fingerprint density at radius 3 is 2.35 bits per heavy atom. The van der Waals surface area contributed by atoms with Gasteiger partial charge in [0, 0.05) is 11.0 Å². The smallest absolute Gasteiger partial charge is 0.229 e. The van der Waals surface area contributed by atoms with Crippen molar-refractivity contribution in [2.75, 3.05) is 0 Å². The van der Waals surface area contributed by atoms with Gasteiger partial charge in [-0.1, -0.05) is 23.4 Å². The number of benzene rings is 1. The van der Waals surface area contributed by atoms with Gasteiger partial charge in [0.1, 0.15) is 21.8 Å². The molecule has 0 spiro atoms. The first-order chi connectivity index (χ1) is 9.25. The molecule has 0 radical (unpaired) electrons. The van der Waals surface area contributed by atoms with Crippen molar-refractivity contribution in [1.82, 2.24) is 4.98 Å². The minimum Gasteiger partial charge on any atom is -0.229 e. The highest BCUT2D eigenvalue weighted by atomic mass is 35.5. The fourth-order valence-electron chi connectivity index (χ4n) is 1.36. The second-order valence-electron chi connectivity index (χ2n) is 3.69. The Morgan fingerprint density at radius 2 is 1.75 bits per heavy atom. The molecule has 0 saturated carbocycles. The van der Waals surface area contributed by atoms with Crippen LogP contribution in [0.25, 0.3) is 0 Å². The zero-order valence-corrected chi connectivity index (χ0v) is 11.1. The van der Waals surface area contributed by atoms with E-state index in [1.807, 2.05) is 0 Å². The van der Waals surface area contributed by atoms with E-state index in [2.05, 4.69) is 4.98 Å². The number of hydrogen-bond donors (Lipinski definition) is 0. The Morgan fingerprint density at radius 1 is 1.05 bits per heavy atom. The molecule has 2 rings (SSSR count). The maximum atomic E-state index is 13.4. The summed E-state index contributed by atoms with van der Waals surface area (Å²) in [5.41, 5.74) is -0.984. The summed E-state index contributed by atoms with van der Waals surface area (Å²) in [5.74, 6) is -1.66. The van der Waals surface area contributed by atoms with Crippen molar-refractivity contribution < 1.29 is 22.0 Å². The van der Waals surface area contributed by atoms with Gasteiger partial charge in [0.25, 0.3) is 0 Å². The van der Waals surface area contributed by atoms with Crippen LogP contribution in [-0.4, -0.2) is 4.98 Å². The van der Waals surface area contributed by atoms with Gasteiger partial charge in [0.05, 0.1) is 5.56 Å². The van der Waals surface area contributed by atoms with Crippen molar-refractivity contribution >= 4 is 23.4 Å². The fourth-order valence-corrected chi connectivity index (χ4v) is 2.47. The van der Waals surface area contributed by atoms with E-state index in [4.69, 9.17) is 11.6 Å². The number of aromatic nitrogens is 1. The summed E-state index contributed by atoms with van der Waals surface area (Å²) in [6, 6.07) is 4.18. The Hall–Kier alpha value is -1.34. The maximum absolute atomic E-state index is 13.4. The first kappa shape index (κ1) is 15.1. The van der Waals surface area contributed by atoms with Gasteiger partial charge in [-0.3, -0.25) is 0 Å². The summed E-state index contributed by atoms with van der Waals surface area (Å²) >= 11 is 6.14. The predicted octanol–water partition coefficient (Wildman–Crippen LogP) is 5.18. The van der Waals surface area contributed by atoms with Gasteiger partial charge in [-0.25, -0.2) is 13.8 Å². The summed E-state index contributed by atoms with van der Waals surface area (Å²) < 4.78 is 64.0. The first-order valence-corrected chi connectivity index (χ1v) is 6.33. The van der Waals surface area contributed by atoms with Crippen molar-refractivity contribution in [2.24, 2.45) is 0 Å². The number of pyridine rings is 1. The van der Waals surface area contributed by atoms with Crippen molar-refractivity contribution in [3.05, 3.63) is 52.7 Å².